The SMILES string of the molecule is CC1Oc2ccccc2OC1C(=O)N[C@H](C)CO. The normalized spacial score (nSPS) is 23.3. The van der Waals surface area contributed by atoms with E-state index in [-0.39, 0.29) is 24.7 Å². The highest BCUT2D eigenvalue weighted by atomic mass is 16.6. The van der Waals surface area contributed by atoms with Crippen molar-refractivity contribution in [3.63, 3.8) is 0 Å². The van der Waals surface area contributed by atoms with Crippen LogP contribution in [0.1, 0.15) is 13.8 Å². The van der Waals surface area contributed by atoms with Crippen molar-refractivity contribution in [2.45, 2.75) is 32.1 Å². The second-order valence-corrected chi connectivity index (χ2v) is 4.40. The summed E-state index contributed by atoms with van der Waals surface area (Å²) in [6, 6.07) is 6.94. The Kier molecular flexibility index (Phi) is 3.72. The van der Waals surface area contributed by atoms with Gasteiger partial charge in [0.15, 0.2) is 11.5 Å². The molecule has 2 rings (SSSR count). The minimum atomic E-state index is -0.700. The smallest absolute Gasteiger partial charge is 0.265 e. The van der Waals surface area contributed by atoms with E-state index in [2.05, 4.69) is 5.32 Å². The number of fused-ring (bicyclic) bond motifs is 1. The van der Waals surface area contributed by atoms with Crippen molar-refractivity contribution in [3.05, 3.63) is 24.3 Å². The molecule has 98 valence electrons. The molecule has 5 nitrogen and oxygen atoms in total. The van der Waals surface area contributed by atoms with Gasteiger partial charge >= 0.3 is 0 Å². The molecule has 2 N–H and O–H groups in total. The van der Waals surface area contributed by atoms with Crippen molar-refractivity contribution in [1.29, 1.82) is 0 Å². The summed E-state index contributed by atoms with van der Waals surface area (Å²) < 4.78 is 11.3. The van der Waals surface area contributed by atoms with Gasteiger partial charge in [-0.15, -0.1) is 0 Å². The Bertz CT molecular complexity index is 435. The van der Waals surface area contributed by atoms with Gasteiger partial charge < -0.3 is 19.9 Å². The monoisotopic (exact) mass is 251 g/mol. The van der Waals surface area contributed by atoms with Crippen LogP contribution in [0, 0.1) is 0 Å². The zero-order valence-corrected chi connectivity index (χ0v) is 10.4. The highest BCUT2D eigenvalue weighted by molar-refractivity contribution is 5.82. The number of carbonyl (C=O) groups excluding carboxylic acids is 1. The Morgan fingerprint density at radius 2 is 2.00 bits per heavy atom. The lowest BCUT2D eigenvalue weighted by Gasteiger charge is -2.31. The van der Waals surface area contributed by atoms with Crippen LogP contribution in [0.4, 0.5) is 0 Å². The number of aliphatic hydroxyl groups is 1. The topological polar surface area (TPSA) is 67.8 Å². The van der Waals surface area contributed by atoms with Crippen LogP contribution in [0.3, 0.4) is 0 Å². The number of hydrogen-bond donors (Lipinski definition) is 2. The van der Waals surface area contributed by atoms with Crippen molar-refractivity contribution >= 4 is 5.91 Å². The number of para-hydroxylation sites is 2. The van der Waals surface area contributed by atoms with E-state index in [0.29, 0.717) is 11.5 Å². The third-order valence-corrected chi connectivity index (χ3v) is 2.76. The number of nitrogens with one attached hydrogen (secondary N) is 1. The molecule has 1 amide bonds. The number of carbonyl (C=O) groups is 1. The van der Waals surface area contributed by atoms with Crippen LogP contribution >= 0.6 is 0 Å². The van der Waals surface area contributed by atoms with Gasteiger partial charge in [0.25, 0.3) is 5.91 Å². The van der Waals surface area contributed by atoms with Gasteiger partial charge in [-0.1, -0.05) is 12.1 Å². The average molecular weight is 251 g/mol. The molecule has 3 atom stereocenters. The number of benzene rings is 1. The Hall–Kier alpha value is -1.75. The molecule has 0 fully saturated rings. The van der Waals surface area contributed by atoms with Gasteiger partial charge in [0.1, 0.15) is 6.10 Å². The van der Waals surface area contributed by atoms with Crippen molar-refractivity contribution < 1.29 is 19.4 Å². The molecule has 0 aromatic heterocycles. The lowest BCUT2D eigenvalue weighted by Crippen LogP contribution is -2.51. The number of amides is 1. The first-order valence-corrected chi connectivity index (χ1v) is 5.95. The predicted molar refractivity (Wildman–Crippen MR) is 65.6 cm³/mol. The maximum absolute atomic E-state index is 12.0. The lowest BCUT2D eigenvalue weighted by atomic mass is 10.1. The summed E-state index contributed by atoms with van der Waals surface area (Å²) in [6.45, 7) is 3.40. The van der Waals surface area contributed by atoms with Gasteiger partial charge in [0.05, 0.1) is 6.61 Å². The molecule has 1 aromatic rings. The quantitative estimate of drug-likeness (QED) is 0.830. The second-order valence-electron chi connectivity index (χ2n) is 4.40. The Morgan fingerprint density at radius 3 is 2.61 bits per heavy atom. The largest absolute Gasteiger partial charge is 0.482 e. The van der Waals surface area contributed by atoms with Gasteiger partial charge in [-0.05, 0) is 26.0 Å². The predicted octanol–water partition coefficient (Wildman–Crippen LogP) is 0.712. The Labute approximate surface area is 106 Å². The van der Waals surface area contributed by atoms with Crippen molar-refractivity contribution in [3.8, 4) is 11.5 Å². The number of aliphatic hydroxyl groups excluding tert-OH is 1. The van der Waals surface area contributed by atoms with Gasteiger partial charge in [0.2, 0.25) is 6.10 Å². The summed E-state index contributed by atoms with van der Waals surface area (Å²) in [4.78, 5) is 12.0. The number of hydrogen-bond acceptors (Lipinski definition) is 4. The van der Waals surface area contributed by atoms with Crippen molar-refractivity contribution in [1.82, 2.24) is 5.32 Å². The van der Waals surface area contributed by atoms with E-state index in [1.54, 1.807) is 26.0 Å². The molecule has 18 heavy (non-hydrogen) atoms. The van der Waals surface area contributed by atoms with Crippen LogP contribution in [0.2, 0.25) is 0 Å². The fourth-order valence-electron chi connectivity index (χ4n) is 1.78. The van der Waals surface area contributed by atoms with Crippen molar-refractivity contribution in [2.75, 3.05) is 6.61 Å². The molecule has 1 aliphatic heterocycles. The summed E-state index contributed by atoms with van der Waals surface area (Å²) in [5.74, 6) is 0.926. The molecular formula is C13H17NO4. The second kappa shape index (κ2) is 5.27. The molecule has 0 spiro atoms. The summed E-state index contributed by atoms with van der Waals surface area (Å²) in [5.41, 5.74) is 0. The molecule has 5 heteroatoms. The van der Waals surface area contributed by atoms with Crippen LogP contribution in [0.25, 0.3) is 0 Å². The molecule has 1 aromatic carbocycles. The lowest BCUT2D eigenvalue weighted by molar-refractivity contribution is -0.134. The van der Waals surface area contributed by atoms with E-state index in [4.69, 9.17) is 14.6 Å². The standard InChI is InChI=1S/C13H17NO4/c1-8(7-15)14-13(16)12-9(2)17-10-5-3-4-6-11(10)18-12/h3-6,8-9,12,15H,7H2,1-2H3,(H,14,16)/t8-,9?,12?/m1/s1. The van der Waals surface area contributed by atoms with Gasteiger partial charge in [-0.25, -0.2) is 0 Å². The van der Waals surface area contributed by atoms with E-state index in [9.17, 15) is 4.79 Å². The van der Waals surface area contributed by atoms with Crippen LogP contribution < -0.4 is 14.8 Å². The van der Waals surface area contributed by atoms with Gasteiger partial charge in [-0.2, -0.15) is 0 Å². The zero-order valence-electron chi connectivity index (χ0n) is 10.4. The molecule has 1 heterocycles. The Balaban J connectivity index is 2.09. The highest BCUT2D eigenvalue weighted by Crippen LogP contribution is 2.33. The molecular weight excluding hydrogens is 234 g/mol. The molecule has 1 aliphatic rings. The summed E-state index contributed by atoms with van der Waals surface area (Å²) in [6.07, 6.45) is -1.07. The summed E-state index contributed by atoms with van der Waals surface area (Å²) in [5, 5.41) is 11.6. The highest BCUT2D eigenvalue weighted by Gasteiger charge is 2.34. The van der Waals surface area contributed by atoms with Crippen LogP contribution in [0.15, 0.2) is 24.3 Å². The van der Waals surface area contributed by atoms with E-state index < -0.39 is 6.10 Å². The van der Waals surface area contributed by atoms with E-state index in [0.717, 1.165) is 0 Å². The summed E-state index contributed by atoms with van der Waals surface area (Å²) in [7, 11) is 0. The first-order valence-electron chi connectivity index (χ1n) is 5.95. The average Bonchev–Trinajstić information content (AvgIpc) is 2.37. The molecule has 2 unspecified atom stereocenters. The molecule has 0 saturated carbocycles. The maximum atomic E-state index is 12.0. The molecule has 0 radical (unpaired) electrons. The summed E-state index contributed by atoms with van der Waals surface area (Å²) >= 11 is 0. The molecule has 0 saturated heterocycles. The Morgan fingerprint density at radius 1 is 1.39 bits per heavy atom. The zero-order chi connectivity index (χ0) is 13.1. The van der Waals surface area contributed by atoms with Gasteiger partial charge in [0, 0.05) is 6.04 Å². The van der Waals surface area contributed by atoms with Crippen LogP contribution in [-0.4, -0.2) is 35.9 Å². The first-order chi connectivity index (χ1) is 8.61. The van der Waals surface area contributed by atoms with Crippen LogP contribution in [0.5, 0.6) is 11.5 Å². The fourth-order valence-corrected chi connectivity index (χ4v) is 1.78. The fraction of sp³-hybridized carbons (Fsp3) is 0.462. The number of ether oxygens (including phenoxy) is 2. The van der Waals surface area contributed by atoms with E-state index in [1.807, 2.05) is 12.1 Å². The third kappa shape index (κ3) is 2.56. The van der Waals surface area contributed by atoms with E-state index >= 15 is 0 Å². The molecule has 0 aliphatic carbocycles. The minimum absolute atomic E-state index is 0.107. The van der Waals surface area contributed by atoms with E-state index in [1.165, 1.54) is 0 Å². The van der Waals surface area contributed by atoms with Crippen LogP contribution in [-0.2, 0) is 4.79 Å². The number of rotatable bonds is 3. The first kappa shape index (κ1) is 12.7. The maximum Gasteiger partial charge on any atom is 0.265 e. The molecule has 0 bridgehead atoms. The minimum Gasteiger partial charge on any atom is -0.482 e. The van der Waals surface area contributed by atoms with Crippen molar-refractivity contribution in [2.24, 2.45) is 0 Å². The van der Waals surface area contributed by atoms with Gasteiger partial charge in [-0.3, -0.25) is 4.79 Å². The third-order valence-electron chi connectivity index (χ3n) is 2.76.